The lowest BCUT2D eigenvalue weighted by atomic mass is 10.3. The summed E-state index contributed by atoms with van der Waals surface area (Å²) in [4.78, 5) is 8.64. The smallest absolute Gasteiger partial charge is 0.180 e. The van der Waals surface area contributed by atoms with Gasteiger partial charge in [-0.25, -0.2) is 14.4 Å². The van der Waals surface area contributed by atoms with Crippen molar-refractivity contribution in [3.05, 3.63) is 36.4 Å². The molecule has 0 aliphatic heterocycles. The van der Waals surface area contributed by atoms with Gasteiger partial charge >= 0.3 is 0 Å². The predicted molar refractivity (Wildman–Crippen MR) is 70.6 cm³/mol. The highest BCUT2D eigenvalue weighted by molar-refractivity contribution is 5.82. The summed E-state index contributed by atoms with van der Waals surface area (Å²) in [5, 5.41) is 11.9. The molecule has 0 spiro atoms. The summed E-state index contributed by atoms with van der Waals surface area (Å²) in [6.45, 7) is 0.701. The lowest BCUT2D eigenvalue weighted by molar-refractivity contribution is 0.292. The van der Waals surface area contributed by atoms with Crippen LogP contribution in [0.4, 0.5) is 10.2 Å². The highest BCUT2D eigenvalue weighted by Gasteiger charge is 2.09. The fraction of sp³-hybridized carbons (Fsp3) is 0.231. The van der Waals surface area contributed by atoms with E-state index in [-0.39, 0.29) is 12.4 Å². The van der Waals surface area contributed by atoms with E-state index in [1.165, 1.54) is 12.1 Å². The van der Waals surface area contributed by atoms with Gasteiger partial charge in [0, 0.05) is 31.6 Å². The van der Waals surface area contributed by atoms with Crippen molar-refractivity contribution >= 4 is 22.5 Å². The lowest BCUT2D eigenvalue weighted by Gasteiger charge is -2.09. The van der Waals surface area contributed by atoms with Gasteiger partial charge in [-0.3, -0.25) is 4.40 Å². The molecule has 0 atom stereocenters. The van der Waals surface area contributed by atoms with Crippen molar-refractivity contribution in [3.63, 3.8) is 0 Å². The van der Waals surface area contributed by atoms with E-state index in [2.05, 4.69) is 15.3 Å². The van der Waals surface area contributed by atoms with Crippen molar-refractivity contribution in [2.45, 2.75) is 6.42 Å². The molecular formula is C13H13FN4O. The Morgan fingerprint density at radius 1 is 1.37 bits per heavy atom. The monoisotopic (exact) mass is 260 g/mol. The summed E-state index contributed by atoms with van der Waals surface area (Å²) >= 11 is 0. The predicted octanol–water partition coefficient (Wildman–Crippen LogP) is 1.82. The zero-order valence-corrected chi connectivity index (χ0v) is 10.2. The van der Waals surface area contributed by atoms with Crippen molar-refractivity contribution < 1.29 is 9.50 Å². The van der Waals surface area contributed by atoms with Gasteiger partial charge in [-0.1, -0.05) is 0 Å². The Morgan fingerprint density at radius 2 is 2.26 bits per heavy atom. The van der Waals surface area contributed by atoms with Crippen LogP contribution in [0.5, 0.6) is 0 Å². The molecule has 0 saturated carbocycles. The molecule has 3 rings (SSSR count). The molecule has 2 N–H and O–H groups in total. The zero-order chi connectivity index (χ0) is 13.2. The Morgan fingerprint density at radius 3 is 3.11 bits per heavy atom. The van der Waals surface area contributed by atoms with Crippen LogP contribution in [-0.2, 0) is 0 Å². The molecule has 6 heteroatoms. The van der Waals surface area contributed by atoms with Gasteiger partial charge in [0.2, 0.25) is 0 Å². The van der Waals surface area contributed by atoms with E-state index in [0.717, 1.165) is 5.52 Å². The number of imidazole rings is 1. The van der Waals surface area contributed by atoms with Crippen LogP contribution in [0.1, 0.15) is 6.42 Å². The molecule has 0 bridgehead atoms. The molecule has 0 radical (unpaired) electrons. The largest absolute Gasteiger partial charge is 0.396 e. The van der Waals surface area contributed by atoms with Crippen molar-refractivity contribution in [2.24, 2.45) is 0 Å². The van der Waals surface area contributed by atoms with Crippen LogP contribution >= 0.6 is 0 Å². The Kier molecular flexibility index (Phi) is 3.00. The molecule has 0 aliphatic carbocycles. The van der Waals surface area contributed by atoms with Gasteiger partial charge in [0.05, 0.1) is 11.0 Å². The van der Waals surface area contributed by atoms with Gasteiger partial charge in [0.25, 0.3) is 0 Å². The molecule has 1 aromatic carbocycles. The molecule has 0 unspecified atom stereocenters. The number of halogens is 1. The number of hydrogen-bond donors (Lipinski definition) is 2. The summed E-state index contributed by atoms with van der Waals surface area (Å²) in [6, 6.07) is 4.48. The SMILES string of the molecule is OCCCNc1nc2cc(F)ccc2n2ccnc12. The van der Waals surface area contributed by atoms with Gasteiger partial charge in [-0.2, -0.15) is 0 Å². The fourth-order valence-corrected chi connectivity index (χ4v) is 2.04. The minimum absolute atomic E-state index is 0.111. The average molecular weight is 260 g/mol. The van der Waals surface area contributed by atoms with E-state index < -0.39 is 0 Å². The quantitative estimate of drug-likeness (QED) is 0.702. The van der Waals surface area contributed by atoms with Crippen molar-refractivity contribution in [1.82, 2.24) is 14.4 Å². The second-order valence-electron chi connectivity index (χ2n) is 4.22. The maximum Gasteiger partial charge on any atom is 0.180 e. The molecular weight excluding hydrogens is 247 g/mol. The molecule has 0 fully saturated rings. The topological polar surface area (TPSA) is 62.5 Å². The zero-order valence-electron chi connectivity index (χ0n) is 10.2. The number of hydrogen-bond acceptors (Lipinski definition) is 4. The van der Waals surface area contributed by atoms with Gasteiger partial charge in [-0.15, -0.1) is 0 Å². The van der Waals surface area contributed by atoms with E-state index >= 15 is 0 Å². The van der Waals surface area contributed by atoms with Crippen LogP contribution in [0.25, 0.3) is 16.7 Å². The summed E-state index contributed by atoms with van der Waals surface area (Å²) < 4.78 is 15.1. The van der Waals surface area contributed by atoms with Gasteiger partial charge in [0.15, 0.2) is 11.5 Å². The van der Waals surface area contributed by atoms with E-state index in [1.807, 2.05) is 10.6 Å². The minimum Gasteiger partial charge on any atom is -0.396 e. The molecule has 0 amide bonds. The highest BCUT2D eigenvalue weighted by Crippen LogP contribution is 2.21. The number of benzene rings is 1. The third kappa shape index (κ3) is 2.10. The first-order chi connectivity index (χ1) is 9.29. The third-order valence-corrected chi connectivity index (χ3v) is 2.91. The number of nitrogens with zero attached hydrogens (tertiary/aromatic N) is 3. The van der Waals surface area contributed by atoms with Crippen molar-refractivity contribution in [2.75, 3.05) is 18.5 Å². The molecule has 5 nitrogen and oxygen atoms in total. The maximum atomic E-state index is 13.3. The summed E-state index contributed by atoms with van der Waals surface area (Å²) in [5.74, 6) is 0.275. The first-order valence-corrected chi connectivity index (χ1v) is 6.06. The maximum absolute atomic E-state index is 13.3. The van der Waals surface area contributed by atoms with Gasteiger partial charge in [0.1, 0.15) is 5.82 Å². The lowest BCUT2D eigenvalue weighted by Crippen LogP contribution is -2.07. The molecule has 2 heterocycles. The van der Waals surface area contributed by atoms with E-state index in [9.17, 15) is 4.39 Å². The normalized spacial score (nSPS) is 11.3. The fourth-order valence-electron chi connectivity index (χ4n) is 2.04. The number of rotatable bonds is 4. The highest BCUT2D eigenvalue weighted by atomic mass is 19.1. The molecule has 0 aliphatic rings. The van der Waals surface area contributed by atoms with Crippen LogP contribution in [0.15, 0.2) is 30.6 Å². The number of anilines is 1. The molecule has 0 saturated heterocycles. The van der Waals surface area contributed by atoms with Crippen LogP contribution in [0.2, 0.25) is 0 Å². The first kappa shape index (κ1) is 11.9. The van der Waals surface area contributed by atoms with Crippen molar-refractivity contribution in [3.8, 4) is 0 Å². The second-order valence-corrected chi connectivity index (χ2v) is 4.22. The standard InChI is InChI=1S/C13H13FN4O/c14-9-2-3-11-10(8-9)17-12(15-4-1-7-19)13-16-5-6-18(11)13/h2-3,5-6,8,19H,1,4,7H2,(H,15,17). The summed E-state index contributed by atoms with van der Waals surface area (Å²) in [6.07, 6.45) is 4.11. The average Bonchev–Trinajstić information content (AvgIpc) is 2.88. The van der Waals surface area contributed by atoms with Crippen LogP contribution in [0, 0.1) is 5.82 Å². The van der Waals surface area contributed by atoms with E-state index in [0.29, 0.717) is 29.9 Å². The Bertz CT molecular complexity index is 725. The Hall–Kier alpha value is -2.21. The van der Waals surface area contributed by atoms with Crippen LogP contribution < -0.4 is 5.32 Å². The molecule has 19 heavy (non-hydrogen) atoms. The number of aliphatic hydroxyl groups is 1. The van der Waals surface area contributed by atoms with Crippen molar-refractivity contribution in [1.29, 1.82) is 0 Å². The Balaban J connectivity index is 2.15. The minimum atomic E-state index is -0.319. The first-order valence-electron chi connectivity index (χ1n) is 6.06. The van der Waals surface area contributed by atoms with E-state index in [1.54, 1.807) is 12.3 Å². The van der Waals surface area contributed by atoms with E-state index in [4.69, 9.17) is 5.11 Å². The second kappa shape index (κ2) is 4.81. The summed E-state index contributed by atoms with van der Waals surface area (Å²) in [7, 11) is 0. The van der Waals surface area contributed by atoms with Crippen LogP contribution in [0.3, 0.4) is 0 Å². The van der Waals surface area contributed by atoms with Gasteiger partial charge in [-0.05, 0) is 18.6 Å². The van der Waals surface area contributed by atoms with Crippen LogP contribution in [-0.4, -0.2) is 32.6 Å². The summed E-state index contributed by atoms with van der Waals surface area (Å²) in [5.41, 5.74) is 2.07. The third-order valence-electron chi connectivity index (χ3n) is 2.91. The number of aliphatic hydroxyl groups excluding tert-OH is 1. The Labute approximate surface area is 108 Å². The number of aromatic nitrogens is 3. The molecule has 2 aromatic heterocycles. The molecule has 3 aromatic rings. The number of nitrogens with one attached hydrogen (secondary N) is 1. The number of fused-ring (bicyclic) bond motifs is 3. The van der Waals surface area contributed by atoms with Gasteiger partial charge < -0.3 is 10.4 Å². The molecule has 98 valence electrons.